The number of aromatic nitrogens is 4. The molecule has 0 aliphatic carbocycles. The Morgan fingerprint density at radius 1 is 0.763 bits per heavy atom. The van der Waals surface area contributed by atoms with Crippen LogP contribution in [0.5, 0.6) is 5.75 Å². The van der Waals surface area contributed by atoms with E-state index in [1.165, 1.54) is 5.56 Å². The van der Waals surface area contributed by atoms with Gasteiger partial charge >= 0.3 is 0 Å². The Hall–Kier alpha value is -4.84. The first-order valence-corrected chi connectivity index (χ1v) is 12.8. The van der Waals surface area contributed by atoms with Crippen LogP contribution in [0.1, 0.15) is 17.0 Å². The Morgan fingerprint density at radius 2 is 1.61 bits per heavy atom. The highest BCUT2D eigenvalue weighted by Crippen LogP contribution is 2.33. The third-order valence-electron chi connectivity index (χ3n) is 7.04. The molecule has 0 saturated heterocycles. The zero-order chi connectivity index (χ0) is 25.3. The van der Waals surface area contributed by atoms with Gasteiger partial charge in [0.1, 0.15) is 12.4 Å². The number of hydrogen-bond donors (Lipinski definition) is 0. The van der Waals surface area contributed by atoms with Crippen molar-refractivity contribution >= 4 is 27.6 Å². The molecule has 184 valence electrons. The van der Waals surface area contributed by atoms with Crippen LogP contribution in [0.3, 0.4) is 0 Å². The van der Waals surface area contributed by atoms with Crippen molar-refractivity contribution in [1.29, 1.82) is 0 Å². The molecule has 2 aromatic carbocycles. The third kappa shape index (κ3) is 4.30. The third-order valence-corrected chi connectivity index (χ3v) is 7.04. The molecule has 0 N–H and O–H groups in total. The molecule has 6 heteroatoms. The van der Waals surface area contributed by atoms with Crippen LogP contribution in [0.25, 0.3) is 33.2 Å². The molecule has 0 atom stereocenters. The smallest absolute Gasteiger partial charge is 0.159 e. The predicted octanol–water partition coefficient (Wildman–Crippen LogP) is 6.38. The molecule has 0 bridgehead atoms. The van der Waals surface area contributed by atoms with E-state index in [4.69, 9.17) is 19.7 Å². The van der Waals surface area contributed by atoms with Gasteiger partial charge in [0, 0.05) is 53.9 Å². The summed E-state index contributed by atoms with van der Waals surface area (Å²) in [6.45, 7) is 2.10. The van der Waals surface area contributed by atoms with Crippen molar-refractivity contribution in [2.45, 2.75) is 19.6 Å². The Balaban J connectivity index is 1.10. The molecule has 7 rings (SSSR count). The molecule has 38 heavy (non-hydrogen) atoms. The number of nitrogens with zero attached hydrogens (tertiary/aromatic N) is 5. The molecule has 0 radical (unpaired) electrons. The minimum atomic E-state index is 0.421. The number of fused-ring (bicyclic) bond motifs is 3. The van der Waals surface area contributed by atoms with Crippen LogP contribution in [0.2, 0.25) is 0 Å². The SMILES string of the molecule is c1cnc(-c2ccc(OCc3ccc4ccccc4n3)cc2)c(N2CCc3nc4ncccc4cc3C2)c1. The van der Waals surface area contributed by atoms with Gasteiger partial charge in [-0.2, -0.15) is 0 Å². The molecule has 0 fully saturated rings. The summed E-state index contributed by atoms with van der Waals surface area (Å²) in [4.78, 5) is 21.1. The molecular formula is C32H25N5O. The van der Waals surface area contributed by atoms with Crippen LogP contribution < -0.4 is 9.64 Å². The van der Waals surface area contributed by atoms with E-state index in [0.717, 1.165) is 75.5 Å². The highest BCUT2D eigenvalue weighted by Gasteiger charge is 2.21. The highest BCUT2D eigenvalue weighted by molar-refractivity contribution is 5.79. The summed E-state index contributed by atoms with van der Waals surface area (Å²) in [5, 5.41) is 2.21. The Bertz CT molecular complexity index is 1770. The minimum absolute atomic E-state index is 0.421. The molecule has 4 aromatic heterocycles. The number of para-hydroxylation sites is 1. The average Bonchev–Trinajstić information content (AvgIpc) is 2.99. The van der Waals surface area contributed by atoms with Gasteiger partial charge in [0.2, 0.25) is 0 Å². The van der Waals surface area contributed by atoms with Crippen LogP contribution in [0.15, 0.2) is 103 Å². The fraction of sp³-hybridized carbons (Fsp3) is 0.125. The summed E-state index contributed by atoms with van der Waals surface area (Å²) in [7, 11) is 0. The molecule has 1 aliphatic heterocycles. The summed E-state index contributed by atoms with van der Waals surface area (Å²) < 4.78 is 6.05. The Morgan fingerprint density at radius 3 is 2.55 bits per heavy atom. The molecule has 0 amide bonds. The van der Waals surface area contributed by atoms with Crippen LogP contribution in [-0.4, -0.2) is 26.5 Å². The zero-order valence-corrected chi connectivity index (χ0v) is 20.8. The summed E-state index contributed by atoms with van der Waals surface area (Å²) in [5.41, 5.74) is 8.24. The standard InChI is InChI=1S/C32H25N5O/c1-2-7-28-22(5-1)9-12-26(35-28)21-38-27-13-10-23(11-14-27)31-30(8-4-16-33-31)37-18-15-29-25(20-37)19-24-6-3-17-34-32(24)36-29/h1-14,16-17,19H,15,18,20-21H2. The maximum Gasteiger partial charge on any atom is 0.159 e. The summed E-state index contributed by atoms with van der Waals surface area (Å²) >= 11 is 0. The molecule has 6 nitrogen and oxygen atoms in total. The maximum atomic E-state index is 6.05. The van der Waals surface area contributed by atoms with E-state index in [9.17, 15) is 0 Å². The summed E-state index contributed by atoms with van der Waals surface area (Å²) in [6.07, 6.45) is 4.54. The largest absolute Gasteiger partial charge is 0.487 e. The highest BCUT2D eigenvalue weighted by atomic mass is 16.5. The van der Waals surface area contributed by atoms with Crippen molar-refractivity contribution in [1.82, 2.24) is 19.9 Å². The van der Waals surface area contributed by atoms with Gasteiger partial charge in [-0.15, -0.1) is 0 Å². The minimum Gasteiger partial charge on any atom is -0.487 e. The van der Waals surface area contributed by atoms with Crippen molar-refractivity contribution in [2.75, 3.05) is 11.4 Å². The van der Waals surface area contributed by atoms with Gasteiger partial charge < -0.3 is 9.64 Å². The first-order chi connectivity index (χ1) is 18.8. The van der Waals surface area contributed by atoms with Crippen molar-refractivity contribution in [3.8, 4) is 17.0 Å². The quantitative estimate of drug-likeness (QED) is 0.276. The van der Waals surface area contributed by atoms with Gasteiger partial charge in [-0.25, -0.2) is 15.0 Å². The second-order valence-corrected chi connectivity index (χ2v) is 9.50. The Labute approximate surface area is 220 Å². The van der Waals surface area contributed by atoms with Gasteiger partial charge in [0.25, 0.3) is 0 Å². The molecule has 0 unspecified atom stereocenters. The van der Waals surface area contributed by atoms with E-state index < -0.39 is 0 Å². The second-order valence-electron chi connectivity index (χ2n) is 9.50. The molecule has 0 spiro atoms. The van der Waals surface area contributed by atoms with Crippen LogP contribution in [-0.2, 0) is 19.6 Å². The Kier molecular flexibility index (Phi) is 5.62. The lowest BCUT2D eigenvalue weighted by atomic mass is 10.0. The van der Waals surface area contributed by atoms with Gasteiger partial charge in [-0.3, -0.25) is 4.98 Å². The van der Waals surface area contributed by atoms with Crippen molar-refractivity contribution in [3.63, 3.8) is 0 Å². The molecule has 1 aliphatic rings. The lowest BCUT2D eigenvalue weighted by molar-refractivity contribution is 0.302. The van der Waals surface area contributed by atoms with Crippen LogP contribution in [0.4, 0.5) is 5.69 Å². The second kappa shape index (κ2) is 9.56. The fourth-order valence-electron chi connectivity index (χ4n) is 5.10. The molecule has 5 heterocycles. The number of rotatable bonds is 5. The van der Waals surface area contributed by atoms with Crippen LogP contribution >= 0.6 is 0 Å². The van der Waals surface area contributed by atoms with Gasteiger partial charge in [-0.05, 0) is 72.3 Å². The van der Waals surface area contributed by atoms with E-state index >= 15 is 0 Å². The monoisotopic (exact) mass is 495 g/mol. The number of benzene rings is 2. The zero-order valence-electron chi connectivity index (χ0n) is 20.8. The van der Waals surface area contributed by atoms with E-state index in [-0.39, 0.29) is 0 Å². The lowest BCUT2D eigenvalue weighted by Gasteiger charge is -2.31. The molecular weight excluding hydrogens is 470 g/mol. The van der Waals surface area contributed by atoms with Crippen molar-refractivity contribution in [2.24, 2.45) is 0 Å². The van der Waals surface area contributed by atoms with E-state index in [0.29, 0.717) is 6.61 Å². The van der Waals surface area contributed by atoms with E-state index in [1.807, 2.05) is 54.7 Å². The van der Waals surface area contributed by atoms with Gasteiger partial charge in [-0.1, -0.05) is 24.3 Å². The number of pyridine rings is 4. The van der Waals surface area contributed by atoms with Crippen LogP contribution in [0, 0.1) is 0 Å². The lowest BCUT2D eigenvalue weighted by Crippen LogP contribution is -2.31. The number of ether oxygens (including phenoxy) is 1. The molecule has 6 aromatic rings. The fourth-order valence-corrected chi connectivity index (χ4v) is 5.10. The van der Waals surface area contributed by atoms with Crippen molar-refractivity contribution in [3.05, 3.63) is 120 Å². The number of hydrogen-bond acceptors (Lipinski definition) is 6. The predicted molar refractivity (Wildman–Crippen MR) is 150 cm³/mol. The normalized spacial score (nSPS) is 13.0. The first-order valence-electron chi connectivity index (χ1n) is 12.8. The summed E-state index contributed by atoms with van der Waals surface area (Å²) in [6, 6.07) is 30.8. The average molecular weight is 496 g/mol. The van der Waals surface area contributed by atoms with Crippen molar-refractivity contribution < 1.29 is 4.74 Å². The van der Waals surface area contributed by atoms with E-state index in [2.05, 4.69) is 52.3 Å². The number of anilines is 1. The van der Waals surface area contributed by atoms with Gasteiger partial charge in [0.05, 0.1) is 22.6 Å². The summed E-state index contributed by atoms with van der Waals surface area (Å²) in [5.74, 6) is 0.805. The topological polar surface area (TPSA) is 64.0 Å². The first kappa shape index (κ1) is 22.4. The molecule has 0 saturated carbocycles. The van der Waals surface area contributed by atoms with Gasteiger partial charge in [0.15, 0.2) is 5.65 Å². The maximum absolute atomic E-state index is 6.05. The van der Waals surface area contributed by atoms with E-state index in [1.54, 1.807) is 6.20 Å².